The number of hydrogen-bond donors (Lipinski definition) is 1. The number of aryl methyl sites for hydroxylation is 2. The zero-order valence-corrected chi connectivity index (χ0v) is 22.5. The fourth-order valence-electron chi connectivity index (χ4n) is 4.08. The van der Waals surface area contributed by atoms with Gasteiger partial charge in [0.2, 0.25) is 10.0 Å². The van der Waals surface area contributed by atoms with Gasteiger partial charge in [-0.05, 0) is 60.9 Å². The molecule has 0 bridgehead atoms. The number of nitrogens with one attached hydrogen (secondary N) is 1. The Labute approximate surface area is 229 Å². The summed E-state index contributed by atoms with van der Waals surface area (Å²) in [7, 11) is -2.34. The van der Waals surface area contributed by atoms with Gasteiger partial charge < -0.3 is 14.6 Å². The number of sulfonamides is 1. The van der Waals surface area contributed by atoms with Crippen LogP contribution in [0.4, 0.5) is 21.5 Å². The van der Waals surface area contributed by atoms with Gasteiger partial charge in [0.05, 0.1) is 53.0 Å². The Hall–Kier alpha value is -3.63. The van der Waals surface area contributed by atoms with E-state index in [2.05, 4.69) is 10.3 Å². The predicted octanol–water partition coefficient (Wildman–Crippen LogP) is 5.53. The number of aromatic nitrogens is 2. The molecule has 0 spiro atoms. The average Bonchev–Trinajstić information content (AvgIpc) is 2.91. The molecule has 8 nitrogen and oxygen atoms in total. The molecule has 0 radical (unpaired) electrons. The van der Waals surface area contributed by atoms with Crippen molar-refractivity contribution in [3.8, 4) is 5.75 Å². The van der Waals surface area contributed by atoms with E-state index in [4.69, 9.17) is 20.5 Å². The number of ether oxygens (including phenoxy) is 1. The summed E-state index contributed by atoms with van der Waals surface area (Å²) in [6.45, 7) is 0.497. The van der Waals surface area contributed by atoms with Crippen molar-refractivity contribution < 1.29 is 21.7 Å². The summed E-state index contributed by atoms with van der Waals surface area (Å²) in [6.07, 6.45) is 1.31. The Morgan fingerprint density at radius 1 is 1.18 bits per heavy atom. The molecule has 0 unspecified atom stereocenters. The van der Waals surface area contributed by atoms with E-state index in [1.165, 1.54) is 19.2 Å². The van der Waals surface area contributed by atoms with Gasteiger partial charge in [0, 0.05) is 16.8 Å². The maximum atomic E-state index is 15.2. The second-order valence-corrected chi connectivity index (χ2v) is 11.0. The zero-order chi connectivity index (χ0) is 30.1. The second-order valence-electron chi connectivity index (χ2n) is 8.60. The highest BCUT2D eigenvalue weighted by Gasteiger charge is 2.27. The monoisotopic (exact) mass is 561 g/mol. The lowest BCUT2D eigenvalue weighted by Gasteiger charge is -2.27. The molecule has 11 heteroatoms. The number of hydrogen-bond acceptors (Lipinski definition) is 6. The summed E-state index contributed by atoms with van der Waals surface area (Å²) in [6, 6.07) is 12.3. The molecule has 0 amide bonds. The molecule has 4 rings (SSSR count). The second kappa shape index (κ2) is 11.0. The highest BCUT2D eigenvalue weighted by molar-refractivity contribution is 7.92. The third-order valence-corrected chi connectivity index (χ3v) is 8.37. The van der Waals surface area contributed by atoms with Gasteiger partial charge >= 0.3 is 0 Å². The van der Waals surface area contributed by atoms with Crippen LogP contribution < -0.4 is 19.9 Å². The summed E-state index contributed by atoms with van der Waals surface area (Å²) in [5.74, 6) is -0.317. The molecule has 0 aliphatic carbocycles. The zero-order valence-electron chi connectivity index (χ0n) is 24.0. The molecule has 0 fully saturated rings. The smallest absolute Gasteiger partial charge is 0.261 e. The molecule has 0 saturated carbocycles. The number of halogens is 2. The van der Waals surface area contributed by atoms with E-state index in [1.807, 2.05) is 0 Å². The number of anilines is 3. The summed E-state index contributed by atoms with van der Waals surface area (Å²) in [5.41, 5.74) is 0.554. The Morgan fingerprint density at radius 2 is 1.92 bits per heavy atom. The third kappa shape index (κ3) is 5.32. The van der Waals surface area contributed by atoms with Crippen molar-refractivity contribution in [1.82, 2.24) is 9.55 Å². The van der Waals surface area contributed by atoms with Gasteiger partial charge in [-0.25, -0.2) is 17.8 Å². The molecule has 200 valence electrons. The van der Waals surface area contributed by atoms with Gasteiger partial charge in [0.25, 0.3) is 5.56 Å². The van der Waals surface area contributed by atoms with Gasteiger partial charge in [-0.15, -0.1) is 0 Å². The van der Waals surface area contributed by atoms with Crippen LogP contribution in [0.25, 0.3) is 10.9 Å². The van der Waals surface area contributed by atoms with E-state index in [0.29, 0.717) is 27.9 Å². The van der Waals surface area contributed by atoms with Crippen molar-refractivity contribution in [3.05, 3.63) is 87.2 Å². The molecular weight excluding hydrogens is 531 g/mol. The highest BCUT2D eigenvalue weighted by Crippen LogP contribution is 2.39. The van der Waals surface area contributed by atoms with Crippen LogP contribution in [0.15, 0.2) is 59.7 Å². The van der Waals surface area contributed by atoms with Gasteiger partial charge in [0.15, 0.2) is 0 Å². The van der Waals surface area contributed by atoms with Gasteiger partial charge in [-0.1, -0.05) is 30.7 Å². The summed E-state index contributed by atoms with van der Waals surface area (Å²) in [4.78, 5) is 17.1. The van der Waals surface area contributed by atoms with E-state index < -0.39 is 28.4 Å². The summed E-state index contributed by atoms with van der Waals surface area (Å²) >= 11 is 6.68. The first-order chi connectivity index (χ1) is 19.3. The van der Waals surface area contributed by atoms with Crippen molar-refractivity contribution in [3.63, 3.8) is 0 Å². The minimum absolute atomic E-state index is 0.0352. The van der Waals surface area contributed by atoms with Crippen molar-refractivity contribution >= 4 is 49.6 Å². The van der Waals surface area contributed by atoms with Crippen LogP contribution in [0.2, 0.25) is 5.02 Å². The van der Waals surface area contributed by atoms with Crippen LogP contribution in [0.3, 0.4) is 0 Å². The van der Waals surface area contributed by atoms with E-state index in [0.717, 1.165) is 16.7 Å². The SMILES string of the molecule is [2H]C([2H])([2H])n1cnc2ccc(Nc3c(F)ccc(N(Cc4ccc(OC)cc4)S(=O)(=O)CCC)c3Cl)c(C)c2c1=O. The summed E-state index contributed by atoms with van der Waals surface area (Å²) in [5, 5.41) is 2.73. The number of fused-ring (bicyclic) bond motifs is 1. The fourth-order valence-corrected chi connectivity index (χ4v) is 5.97. The maximum Gasteiger partial charge on any atom is 0.261 e. The molecule has 1 heterocycles. The highest BCUT2D eigenvalue weighted by atomic mass is 35.5. The Bertz CT molecular complexity index is 1760. The molecule has 38 heavy (non-hydrogen) atoms. The van der Waals surface area contributed by atoms with Crippen LogP contribution in [0.5, 0.6) is 5.75 Å². The Morgan fingerprint density at radius 3 is 2.58 bits per heavy atom. The quantitative estimate of drug-likeness (QED) is 0.289. The summed E-state index contributed by atoms with van der Waals surface area (Å²) < 4.78 is 71.6. The molecule has 0 atom stereocenters. The van der Waals surface area contributed by atoms with Crippen LogP contribution in [0.1, 0.15) is 28.6 Å². The normalized spacial score (nSPS) is 13.0. The lowest BCUT2D eigenvalue weighted by Crippen LogP contribution is -2.33. The molecule has 1 aromatic heterocycles. The Kier molecular flexibility index (Phi) is 6.80. The standard InChI is InChI=1S/C27H28ClFN4O4S/c1-5-14-38(35,36)33(15-18-6-8-19(37-4)9-7-18)23-13-10-20(29)26(25(23)28)31-21-11-12-22-24(17(21)2)27(34)32(3)16-30-22/h6-13,16,31H,5,14-15H2,1-4H3/i3D3. The number of nitrogens with zero attached hydrogens (tertiary/aromatic N) is 3. The number of benzene rings is 3. The number of rotatable bonds is 9. The van der Waals surface area contributed by atoms with Crippen LogP contribution >= 0.6 is 11.6 Å². The predicted molar refractivity (Wildman–Crippen MR) is 150 cm³/mol. The third-order valence-electron chi connectivity index (χ3n) is 6.07. The lowest BCUT2D eigenvalue weighted by atomic mass is 10.1. The first kappa shape index (κ1) is 23.5. The van der Waals surface area contributed by atoms with Crippen molar-refractivity contribution in [2.75, 3.05) is 22.5 Å². The number of methoxy groups -OCH3 is 1. The maximum absolute atomic E-state index is 15.2. The molecule has 3 aromatic carbocycles. The Balaban J connectivity index is 1.82. The largest absolute Gasteiger partial charge is 0.497 e. The van der Waals surface area contributed by atoms with E-state index in [9.17, 15) is 13.2 Å². The van der Waals surface area contributed by atoms with Crippen molar-refractivity contribution in [1.29, 1.82) is 0 Å². The van der Waals surface area contributed by atoms with Crippen LogP contribution in [-0.2, 0) is 23.5 Å². The molecule has 0 aliphatic rings. The average molecular weight is 562 g/mol. The van der Waals surface area contributed by atoms with Crippen molar-refractivity contribution in [2.45, 2.75) is 26.8 Å². The first-order valence-electron chi connectivity index (χ1n) is 13.2. The van der Waals surface area contributed by atoms with Gasteiger partial charge in [-0.3, -0.25) is 9.10 Å². The molecule has 1 N–H and O–H groups in total. The van der Waals surface area contributed by atoms with E-state index in [1.54, 1.807) is 44.2 Å². The fraction of sp³-hybridized carbons (Fsp3) is 0.259. The minimum Gasteiger partial charge on any atom is -0.497 e. The lowest BCUT2D eigenvalue weighted by molar-refractivity contribution is 0.414. The molecule has 4 aromatic rings. The minimum atomic E-state index is -3.86. The van der Waals surface area contributed by atoms with Crippen LogP contribution in [0, 0.1) is 12.7 Å². The van der Waals surface area contributed by atoms with Gasteiger partial charge in [0.1, 0.15) is 11.6 Å². The molecular formula is C27H28ClFN4O4S. The van der Waals surface area contributed by atoms with E-state index >= 15 is 4.39 Å². The van der Waals surface area contributed by atoms with E-state index in [-0.39, 0.29) is 45.3 Å². The first-order valence-corrected chi connectivity index (χ1v) is 13.7. The molecule has 0 aliphatic heterocycles. The van der Waals surface area contributed by atoms with Crippen molar-refractivity contribution in [2.24, 2.45) is 6.98 Å². The molecule has 0 saturated heterocycles. The van der Waals surface area contributed by atoms with Crippen LogP contribution in [-0.4, -0.2) is 30.8 Å². The van der Waals surface area contributed by atoms with Gasteiger partial charge in [-0.2, -0.15) is 0 Å². The topological polar surface area (TPSA) is 93.5 Å².